The average Bonchev–Trinajstić information content (AvgIpc) is 3.27. The molecule has 1 N–H and O–H groups in total. The Kier molecular flexibility index (Phi) is 6.77. The Hall–Kier alpha value is -3.54. The molecule has 4 rings (SSSR count). The largest absolute Gasteiger partial charge is 0.433 e. The number of amidine groups is 1. The Morgan fingerprint density at radius 2 is 1.94 bits per heavy atom. The van der Waals surface area contributed by atoms with Gasteiger partial charge in [0.1, 0.15) is 18.1 Å². The minimum absolute atomic E-state index is 0.0620. The van der Waals surface area contributed by atoms with Gasteiger partial charge in [-0.25, -0.2) is 4.98 Å². The Morgan fingerprint density at radius 3 is 2.59 bits per heavy atom. The summed E-state index contributed by atoms with van der Waals surface area (Å²) in [5, 5.41) is 2.74. The van der Waals surface area contributed by atoms with Crippen LogP contribution in [0, 0.1) is 0 Å². The second kappa shape index (κ2) is 9.75. The molecule has 0 radical (unpaired) electrons. The van der Waals surface area contributed by atoms with Gasteiger partial charge in [-0.2, -0.15) is 13.2 Å². The number of carbonyl (C=O) groups is 2. The van der Waals surface area contributed by atoms with Crippen LogP contribution in [0.3, 0.4) is 0 Å². The van der Waals surface area contributed by atoms with E-state index in [0.717, 1.165) is 25.4 Å². The van der Waals surface area contributed by atoms with E-state index in [9.17, 15) is 22.8 Å². The number of halogens is 3. The summed E-state index contributed by atoms with van der Waals surface area (Å²) in [6.07, 6.45) is 3.17. The van der Waals surface area contributed by atoms with Crippen molar-refractivity contribution in [3.05, 3.63) is 48.7 Å². The van der Waals surface area contributed by atoms with Crippen molar-refractivity contribution in [3.8, 4) is 11.3 Å². The summed E-state index contributed by atoms with van der Waals surface area (Å²) < 4.78 is 40.1. The second-order valence-corrected chi connectivity index (χ2v) is 8.10. The standard InChI is InChI=1S/C22H24F3N7O2/c1-15(33)31-6-8-32(9-7-31)17-2-3-20(27-11-17)29-21(34)13-30-12-18(28-14-30)16-4-5-26-19(10-16)22(23,24)25/h2-5,10,12,14,17H,6-9,11,13H2,1H3,(H,27,29,34). The quantitative estimate of drug-likeness (QED) is 0.725. The van der Waals surface area contributed by atoms with Crippen LogP contribution in [0.25, 0.3) is 11.3 Å². The number of amides is 2. The van der Waals surface area contributed by atoms with Gasteiger partial charge in [0.15, 0.2) is 0 Å². The van der Waals surface area contributed by atoms with Crippen molar-refractivity contribution >= 4 is 17.6 Å². The number of alkyl halides is 3. The van der Waals surface area contributed by atoms with E-state index in [1.54, 1.807) is 13.0 Å². The highest BCUT2D eigenvalue weighted by Gasteiger charge is 2.32. The Morgan fingerprint density at radius 1 is 1.18 bits per heavy atom. The molecule has 34 heavy (non-hydrogen) atoms. The fraction of sp³-hybridized carbons (Fsp3) is 0.409. The number of nitrogens with one attached hydrogen (secondary N) is 1. The number of carbonyl (C=O) groups excluding carboxylic acids is 2. The van der Waals surface area contributed by atoms with Crippen LogP contribution >= 0.6 is 0 Å². The summed E-state index contributed by atoms with van der Waals surface area (Å²) in [5.74, 6) is 0.207. The molecule has 1 saturated heterocycles. The molecule has 0 spiro atoms. The molecular weight excluding hydrogens is 451 g/mol. The van der Waals surface area contributed by atoms with E-state index in [0.29, 0.717) is 31.2 Å². The fourth-order valence-electron chi connectivity index (χ4n) is 3.88. The molecule has 0 bridgehead atoms. The van der Waals surface area contributed by atoms with E-state index >= 15 is 0 Å². The van der Waals surface area contributed by atoms with E-state index in [-0.39, 0.29) is 30.0 Å². The molecule has 2 amide bonds. The summed E-state index contributed by atoms with van der Waals surface area (Å²) in [5.41, 5.74) is -0.432. The Bertz CT molecular complexity index is 1120. The molecule has 1 fully saturated rings. The van der Waals surface area contributed by atoms with Crippen molar-refractivity contribution in [1.82, 2.24) is 29.7 Å². The first-order valence-electron chi connectivity index (χ1n) is 10.8. The molecule has 0 aliphatic carbocycles. The molecule has 2 aromatic rings. The van der Waals surface area contributed by atoms with E-state index < -0.39 is 11.9 Å². The number of imidazole rings is 1. The van der Waals surface area contributed by atoms with Crippen molar-refractivity contribution < 1.29 is 22.8 Å². The van der Waals surface area contributed by atoms with Crippen molar-refractivity contribution in [2.24, 2.45) is 4.99 Å². The summed E-state index contributed by atoms with van der Waals surface area (Å²) >= 11 is 0. The first-order chi connectivity index (χ1) is 16.2. The minimum Gasteiger partial charge on any atom is -0.340 e. The van der Waals surface area contributed by atoms with Crippen LogP contribution < -0.4 is 5.32 Å². The lowest BCUT2D eigenvalue weighted by Gasteiger charge is -2.38. The number of hydrogen-bond donors (Lipinski definition) is 1. The number of nitrogens with zero attached hydrogens (tertiary/aromatic N) is 6. The van der Waals surface area contributed by atoms with Gasteiger partial charge in [0.2, 0.25) is 11.8 Å². The number of dihydropyridines is 1. The van der Waals surface area contributed by atoms with Crippen molar-refractivity contribution in [3.63, 3.8) is 0 Å². The van der Waals surface area contributed by atoms with Crippen LogP contribution in [-0.4, -0.2) is 80.8 Å². The van der Waals surface area contributed by atoms with Gasteiger partial charge in [-0.1, -0.05) is 6.08 Å². The lowest BCUT2D eigenvalue weighted by molar-refractivity contribution is -0.141. The molecule has 0 aromatic carbocycles. The molecule has 1 unspecified atom stereocenters. The molecule has 2 aromatic heterocycles. The predicted molar refractivity (Wildman–Crippen MR) is 118 cm³/mol. The molecule has 180 valence electrons. The second-order valence-electron chi connectivity index (χ2n) is 8.10. The Balaban J connectivity index is 1.29. The maximum Gasteiger partial charge on any atom is 0.433 e. The number of piperazine rings is 1. The van der Waals surface area contributed by atoms with Crippen LogP contribution in [0.2, 0.25) is 0 Å². The van der Waals surface area contributed by atoms with Crippen LogP contribution in [-0.2, 0) is 22.3 Å². The fourth-order valence-corrected chi connectivity index (χ4v) is 3.88. The number of aliphatic imine (C=N–C) groups is 1. The Labute approximate surface area is 194 Å². The van der Waals surface area contributed by atoms with Crippen molar-refractivity contribution in [2.45, 2.75) is 25.7 Å². The van der Waals surface area contributed by atoms with Gasteiger partial charge < -0.3 is 14.8 Å². The highest BCUT2D eigenvalue weighted by Crippen LogP contribution is 2.29. The van der Waals surface area contributed by atoms with Gasteiger partial charge in [-0.05, 0) is 18.2 Å². The molecule has 12 heteroatoms. The molecule has 0 saturated carbocycles. The lowest BCUT2D eigenvalue weighted by atomic mass is 10.1. The third kappa shape index (κ3) is 5.68. The molecule has 2 aliphatic heterocycles. The van der Waals surface area contributed by atoms with Crippen LogP contribution in [0.4, 0.5) is 13.2 Å². The zero-order valence-electron chi connectivity index (χ0n) is 18.5. The zero-order valence-corrected chi connectivity index (χ0v) is 18.5. The summed E-state index contributed by atoms with van der Waals surface area (Å²) in [6.45, 7) is 4.95. The molecule has 4 heterocycles. The first-order valence-corrected chi connectivity index (χ1v) is 10.8. The zero-order chi connectivity index (χ0) is 24.3. The minimum atomic E-state index is -4.55. The van der Waals surface area contributed by atoms with E-state index in [1.807, 2.05) is 11.0 Å². The molecule has 2 aliphatic rings. The smallest absolute Gasteiger partial charge is 0.340 e. The predicted octanol–water partition coefficient (Wildman–Crippen LogP) is 1.58. The number of pyridine rings is 1. The third-order valence-electron chi connectivity index (χ3n) is 5.73. The van der Waals surface area contributed by atoms with Gasteiger partial charge in [0, 0.05) is 57.1 Å². The maximum atomic E-state index is 12.9. The first kappa shape index (κ1) is 23.6. The van der Waals surface area contributed by atoms with Crippen LogP contribution in [0.15, 0.2) is 48.0 Å². The highest BCUT2D eigenvalue weighted by molar-refractivity contribution is 6.04. The summed E-state index contributed by atoms with van der Waals surface area (Å²) in [7, 11) is 0. The van der Waals surface area contributed by atoms with Gasteiger partial charge in [0.05, 0.1) is 18.6 Å². The van der Waals surface area contributed by atoms with Gasteiger partial charge in [0.25, 0.3) is 0 Å². The van der Waals surface area contributed by atoms with Gasteiger partial charge >= 0.3 is 6.18 Å². The summed E-state index contributed by atoms with van der Waals surface area (Å²) in [6, 6.07) is 2.47. The topological polar surface area (TPSA) is 95.7 Å². The van der Waals surface area contributed by atoms with Gasteiger partial charge in [-0.3, -0.25) is 24.5 Å². The molecule has 9 nitrogen and oxygen atoms in total. The number of rotatable bonds is 4. The van der Waals surface area contributed by atoms with Crippen LogP contribution in [0.5, 0.6) is 0 Å². The number of aromatic nitrogens is 3. The van der Waals surface area contributed by atoms with E-state index in [2.05, 4.69) is 25.2 Å². The monoisotopic (exact) mass is 475 g/mol. The van der Waals surface area contributed by atoms with Crippen molar-refractivity contribution in [1.29, 1.82) is 0 Å². The van der Waals surface area contributed by atoms with Crippen LogP contribution in [0.1, 0.15) is 12.6 Å². The third-order valence-corrected chi connectivity index (χ3v) is 5.73. The lowest BCUT2D eigenvalue weighted by Crippen LogP contribution is -2.52. The SMILES string of the molecule is CC(=O)N1CCN(C2C=CC(NC(=O)Cn3cnc(-c4ccnc(C(F)(F)F)c4)c3)=NC2)CC1. The summed E-state index contributed by atoms with van der Waals surface area (Å²) in [4.78, 5) is 39.8. The normalized spacial score (nSPS) is 19.1. The average molecular weight is 475 g/mol. The van der Waals surface area contributed by atoms with Crippen molar-refractivity contribution in [2.75, 3.05) is 32.7 Å². The molecule has 1 atom stereocenters. The van der Waals surface area contributed by atoms with E-state index in [1.165, 1.54) is 23.2 Å². The van der Waals surface area contributed by atoms with Gasteiger partial charge in [-0.15, -0.1) is 0 Å². The highest BCUT2D eigenvalue weighted by atomic mass is 19.4. The number of hydrogen-bond acceptors (Lipinski definition) is 6. The molecular formula is C22H24F3N7O2. The maximum absolute atomic E-state index is 12.9. The van der Waals surface area contributed by atoms with E-state index in [4.69, 9.17) is 0 Å².